The van der Waals surface area contributed by atoms with Crippen LogP contribution in [-0.4, -0.2) is 42.6 Å². The van der Waals surface area contributed by atoms with Crippen molar-refractivity contribution >= 4 is 18.0 Å². The number of likely N-dealkylation sites (tertiary alicyclic amines) is 1. The number of benzene rings is 1. The fourth-order valence-electron chi connectivity index (χ4n) is 2.83. The van der Waals surface area contributed by atoms with Crippen molar-refractivity contribution in [2.45, 2.75) is 19.4 Å². The SMILES string of the molecule is O=C(C[n+]1ccccc1)N/N=C/c1ccccc1OCC(=O)N1CCCC1.[Cl-]. The number of halogens is 1. The normalized spacial score (nSPS) is 13.2. The molecule has 1 saturated heterocycles. The van der Waals surface area contributed by atoms with Crippen LogP contribution in [0.1, 0.15) is 18.4 Å². The standard InChI is InChI=1S/C20H22N4O3.ClH/c25-19(15-23-10-4-1-5-11-23)22-21-14-17-8-2-3-9-18(17)27-16-20(26)24-12-6-7-13-24;/h1-5,8-11,14H,6-7,12-13,15-16H2;1H/b21-14+;. The highest BCUT2D eigenvalue weighted by Crippen LogP contribution is 2.16. The molecular weight excluding hydrogens is 380 g/mol. The predicted octanol–water partition coefficient (Wildman–Crippen LogP) is -1.87. The summed E-state index contributed by atoms with van der Waals surface area (Å²) >= 11 is 0. The van der Waals surface area contributed by atoms with Crippen molar-refractivity contribution in [3.63, 3.8) is 0 Å². The van der Waals surface area contributed by atoms with Crippen LogP contribution in [0.25, 0.3) is 0 Å². The number of hydrogen-bond donors (Lipinski definition) is 1. The minimum absolute atomic E-state index is 0. The molecule has 148 valence electrons. The van der Waals surface area contributed by atoms with Crippen LogP contribution in [0.3, 0.4) is 0 Å². The highest BCUT2D eigenvalue weighted by atomic mass is 35.5. The van der Waals surface area contributed by atoms with Crippen LogP contribution in [-0.2, 0) is 16.1 Å². The van der Waals surface area contributed by atoms with Crippen molar-refractivity contribution in [2.75, 3.05) is 19.7 Å². The molecule has 2 aromatic rings. The molecule has 1 aromatic heterocycles. The summed E-state index contributed by atoms with van der Waals surface area (Å²) in [5.41, 5.74) is 3.19. The molecule has 1 aliphatic rings. The number of carbonyl (C=O) groups is 2. The van der Waals surface area contributed by atoms with Crippen molar-refractivity contribution < 1.29 is 31.3 Å². The molecule has 0 radical (unpaired) electrons. The third kappa shape index (κ3) is 6.35. The van der Waals surface area contributed by atoms with Gasteiger partial charge >= 0.3 is 5.91 Å². The van der Waals surface area contributed by atoms with E-state index in [4.69, 9.17) is 4.74 Å². The van der Waals surface area contributed by atoms with Crippen LogP contribution in [0.15, 0.2) is 60.0 Å². The van der Waals surface area contributed by atoms with E-state index >= 15 is 0 Å². The molecular formula is C20H23ClN4O3. The first-order valence-corrected chi connectivity index (χ1v) is 8.98. The van der Waals surface area contributed by atoms with Gasteiger partial charge < -0.3 is 22.0 Å². The number of rotatable bonds is 7. The largest absolute Gasteiger partial charge is 1.00 e. The molecule has 8 heteroatoms. The molecule has 28 heavy (non-hydrogen) atoms. The molecule has 1 aliphatic heterocycles. The lowest BCUT2D eigenvalue weighted by Crippen LogP contribution is -3.00. The van der Waals surface area contributed by atoms with Gasteiger partial charge in [0.25, 0.3) is 5.91 Å². The van der Waals surface area contributed by atoms with E-state index in [0.29, 0.717) is 11.3 Å². The Morgan fingerprint density at radius 3 is 2.57 bits per heavy atom. The Morgan fingerprint density at radius 2 is 1.82 bits per heavy atom. The third-order valence-electron chi connectivity index (χ3n) is 4.23. The lowest BCUT2D eigenvalue weighted by atomic mass is 10.2. The van der Waals surface area contributed by atoms with Crippen molar-refractivity contribution in [2.24, 2.45) is 5.10 Å². The van der Waals surface area contributed by atoms with Gasteiger partial charge in [0.15, 0.2) is 19.0 Å². The van der Waals surface area contributed by atoms with Gasteiger partial charge in [0, 0.05) is 30.8 Å². The topological polar surface area (TPSA) is 74.9 Å². The minimum atomic E-state index is -0.231. The molecule has 2 heterocycles. The zero-order chi connectivity index (χ0) is 18.9. The molecule has 7 nitrogen and oxygen atoms in total. The fourth-order valence-corrected chi connectivity index (χ4v) is 2.83. The molecule has 2 amide bonds. The van der Waals surface area contributed by atoms with Gasteiger partial charge in [-0.3, -0.25) is 9.59 Å². The third-order valence-corrected chi connectivity index (χ3v) is 4.23. The molecule has 1 aromatic carbocycles. The summed E-state index contributed by atoms with van der Waals surface area (Å²) in [5.74, 6) is 0.318. The predicted molar refractivity (Wildman–Crippen MR) is 100 cm³/mol. The number of amides is 2. The summed E-state index contributed by atoms with van der Waals surface area (Å²) in [6.07, 6.45) is 7.24. The quantitative estimate of drug-likeness (QED) is 0.335. The number of ether oxygens (including phenoxy) is 1. The van der Waals surface area contributed by atoms with Gasteiger partial charge in [-0.2, -0.15) is 9.67 Å². The second-order valence-corrected chi connectivity index (χ2v) is 6.26. The van der Waals surface area contributed by atoms with E-state index in [0.717, 1.165) is 25.9 Å². The van der Waals surface area contributed by atoms with Crippen LogP contribution in [0.4, 0.5) is 0 Å². The van der Waals surface area contributed by atoms with Crippen molar-refractivity contribution in [3.05, 3.63) is 60.4 Å². The Balaban J connectivity index is 0.00000280. The van der Waals surface area contributed by atoms with E-state index < -0.39 is 0 Å². The number of nitrogens with zero attached hydrogens (tertiary/aromatic N) is 3. The molecule has 0 bridgehead atoms. The molecule has 0 unspecified atom stereocenters. The minimum Gasteiger partial charge on any atom is -1.00 e. The maximum absolute atomic E-state index is 12.1. The lowest BCUT2D eigenvalue weighted by molar-refractivity contribution is -0.684. The Morgan fingerprint density at radius 1 is 1.11 bits per heavy atom. The van der Waals surface area contributed by atoms with E-state index in [1.807, 2.05) is 53.7 Å². The van der Waals surface area contributed by atoms with Crippen LogP contribution >= 0.6 is 0 Å². The van der Waals surface area contributed by atoms with Crippen LogP contribution < -0.4 is 27.1 Å². The Labute approximate surface area is 170 Å². The van der Waals surface area contributed by atoms with Crippen LogP contribution in [0, 0.1) is 0 Å². The summed E-state index contributed by atoms with van der Waals surface area (Å²) in [4.78, 5) is 25.9. The van der Waals surface area contributed by atoms with Crippen LogP contribution in [0.2, 0.25) is 0 Å². The van der Waals surface area contributed by atoms with Gasteiger partial charge in [0.1, 0.15) is 5.75 Å². The first kappa shape index (κ1) is 21.4. The smallest absolute Gasteiger partial charge is 0.305 e. The summed E-state index contributed by atoms with van der Waals surface area (Å²) in [5, 5.41) is 3.99. The summed E-state index contributed by atoms with van der Waals surface area (Å²) in [6, 6.07) is 12.9. The van der Waals surface area contributed by atoms with Crippen molar-refractivity contribution in [1.82, 2.24) is 10.3 Å². The Kier molecular flexibility index (Phi) is 8.42. The zero-order valence-electron chi connectivity index (χ0n) is 15.5. The summed E-state index contributed by atoms with van der Waals surface area (Å²) in [7, 11) is 0. The summed E-state index contributed by atoms with van der Waals surface area (Å²) < 4.78 is 7.42. The molecule has 0 saturated carbocycles. The molecule has 0 spiro atoms. The van der Waals surface area contributed by atoms with Crippen LogP contribution in [0.5, 0.6) is 5.75 Å². The molecule has 0 aliphatic carbocycles. The zero-order valence-corrected chi connectivity index (χ0v) is 16.2. The average Bonchev–Trinajstić information content (AvgIpc) is 3.23. The van der Waals surface area contributed by atoms with E-state index in [9.17, 15) is 9.59 Å². The highest BCUT2D eigenvalue weighted by molar-refractivity contribution is 5.85. The number of pyridine rings is 1. The van der Waals surface area contributed by atoms with Crippen molar-refractivity contribution in [1.29, 1.82) is 0 Å². The number of carbonyl (C=O) groups excluding carboxylic acids is 2. The monoisotopic (exact) mass is 402 g/mol. The molecule has 0 atom stereocenters. The Hall–Kier alpha value is -2.93. The fraction of sp³-hybridized carbons (Fsp3) is 0.300. The Bertz CT molecular complexity index is 808. The lowest BCUT2D eigenvalue weighted by Gasteiger charge is -2.16. The number of nitrogens with one attached hydrogen (secondary N) is 1. The number of hydrogen-bond acceptors (Lipinski definition) is 4. The second kappa shape index (κ2) is 11.0. The van der Waals surface area contributed by atoms with Crippen molar-refractivity contribution in [3.8, 4) is 5.75 Å². The van der Waals surface area contributed by atoms with Gasteiger partial charge in [-0.25, -0.2) is 5.43 Å². The molecule has 3 rings (SSSR count). The average molecular weight is 403 g/mol. The first-order valence-electron chi connectivity index (χ1n) is 8.98. The van der Waals surface area contributed by atoms with Gasteiger partial charge in [0.2, 0.25) is 6.54 Å². The second-order valence-electron chi connectivity index (χ2n) is 6.26. The van der Waals surface area contributed by atoms with E-state index in [2.05, 4.69) is 10.5 Å². The first-order chi connectivity index (χ1) is 13.2. The van der Waals surface area contributed by atoms with E-state index in [-0.39, 0.29) is 37.4 Å². The van der Waals surface area contributed by atoms with Gasteiger partial charge in [-0.05, 0) is 25.0 Å². The van der Waals surface area contributed by atoms with Gasteiger partial charge in [0.05, 0.1) is 6.21 Å². The highest BCUT2D eigenvalue weighted by Gasteiger charge is 2.18. The molecule has 1 N–H and O–H groups in total. The number of hydrazone groups is 1. The van der Waals surface area contributed by atoms with E-state index in [1.165, 1.54) is 6.21 Å². The summed E-state index contributed by atoms with van der Waals surface area (Å²) in [6.45, 7) is 1.79. The van der Waals surface area contributed by atoms with Gasteiger partial charge in [-0.1, -0.05) is 18.2 Å². The molecule has 1 fully saturated rings. The maximum atomic E-state index is 12.1. The van der Waals surface area contributed by atoms with E-state index in [1.54, 1.807) is 10.6 Å². The number of para-hydroxylation sites is 1. The maximum Gasteiger partial charge on any atom is 0.305 e. The number of aromatic nitrogens is 1. The van der Waals surface area contributed by atoms with Gasteiger partial charge in [-0.15, -0.1) is 0 Å².